The SMILES string of the molecule is CN1c2c(C(=O)NCCCCCCCCN3CCC(c4ccc(NC5CCC(=O)NC5=O)cc4)CC3)cnn2C=CC1N1CCC[C@@H]1c1cc(F)ccc1F. The molecule has 0 saturated carbocycles. The molecule has 3 aromatic rings. The Kier molecular flexibility index (Phi) is 12.6. The van der Waals surface area contributed by atoms with E-state index in [1.54, 1.807) is 10.9 Å². The van der Waals surface area contributed by atoms with Crippen molar-refractivity contribution in [1.29, 1.82) is 0 Å². The molecule has 55 heavy (non-hydrogen) atoms. The minimum absolute atomic E-state index is 0.154. The van der Waals surface area contributed by atoms with Gasteiger partial charge in [0.25, 0.3) is 5.91 Å². The molecule has 3 fully saturated rings. The lowest BCUT2D eigenvalue weighted by atomic mass is 9.89. The van der Waals surface area contributed by atoms with Gasteiger partial charge in [0.15, 0.2) is 0 Å². The summed E-state index contributed by atoms with van der Waals surface area (Å²) in [5.41, 5.74) is 3.13. The number of rotatable bonds is 15. The van der Waals surface area contributed by atoms with Crippen LogP contribution in [0.5, 0.6) is 0 Å². The van der Waals surface area contributed by atoms with Crippen LogP contribution in [-0.4, -0.2) is 89.3 Å². The number of halogens is 2. The fourth-order valence-corrected chi connectivity index (χ4v) is 8.77. The molecule has 3 saturated heterocycles. The van der Waals surface area contributed by atoms with Gasteiger partial charge in [-0.2, -0.15) is 5.10 Å². The summed E-state index contributed by atoms with van der Waals surface area (Å²) in [7, 11) is 1.92. The van der Waals surface area contributed by atoms with Crippen LogP contribution >= 0.6 is 0 Å². The first-order valence-electron chi connectivity index (χ1n) is 20.2. The predicted octanol–water partition coefficient (Wildman–Crippen LogP) is 6.41. The van der Waals surface area contributed by atoms with Crippen molar-refractivity contribution in [2.45, 2.75) is 101 Å². The predicted molar refractivity (Wildman–Crippen MR) is 209 cm³/mol. The number of likely N-dealkylation sites (N-methyl/N-ethyl adjacent to an activating group) is 1. The Morgan fingerprint density at radius 3 is 2.47 bits per heavy atom. The quantitative estimate of drug-likeness (QED) is 0.121. The summed E-state index contributed by atoms with van der Waals surface area (Å²) in [6.07, 6.45) is 16.8. The van der Waals surface area contributed by atoms with Crippen molar-refractivity contribution in [2.75, 3.05) is 50.0 Å². The van der Waals surface area contributed by atoms with Gasteiger partial charge in [-0.25, -0.2) is 13.5 Å². The molecular weight excluding hydrogens is 703 g/mol. The first-order chi connectivity index (χ1) is 26.7. The smallest absolute Gasteiger partial charge is 0.256 e. The van der Waals surface area contributed by atoms with E-state index in [0.29, 0.717) is 42.2 Å². The number of nitrogens with one attached hydrogen (secondary N) is 3. The van der Waals surface area contributed by atoms with E-state index in [1.165, 1.54) is 37.0 Å². The van der Waals surface area contributed by atoms with E-state index in [1.807, 2.05) is 36.4 Å². The molecule has 2 aromatic carbocycles. The standard InChI is InChI=1S/C42H54F2N8O3/c1-49-39(51-23-8-9-37(51)33-27-31(43)12-15-35(33)44)20-26-52-42(49)34(28-46-52)40(54)45-21-6-4-2-3-5-7-22-50-24-18-30(19-25-50)29-10-13-32(14-11-29)47-36-16-17-38(53)48-41(36)55/h10-15,20,26-28,30,36-37,39,47H,2-9,16-19,21-25H2,1H3,(H,45,54)(H,48,53,55)/t36?,37-,39?/m1/s1. The summed E-state index contributed by atoms with van der Waals surface area (Å²) < 4.78 is 30.5. The number of nitrogens with zero attached hydrogens (tertiary/aromatic N) is 5. The van der Waals surface area contributed by atoms with E-state index in [9.17, 15) is 23.2 Å². The second-order valence-corrected chi connectivity index (χ2v) is 15.5. The average molecular weight is 757 g/mol. The number of carbonyl (C=O) groups excluding carboxylic acids is 3. The summed E-state index contributed by atoms with van der Waals surface area (Å²) in [4.78, 5) is 43.5. The van der Waals surface area contributed by atoms with Crippen molar-refractivity contribution in [3.8, 4) is 0 Å². The Bertz CT molecular complexity index is 1840. The summed E-state index contributed by atoms with van der Waals surface area (Å²) >= 11 is 0. The fourth-order valence-electron chi connectivity index (χ4n) is 8.77. The zero-order chi connectivity index (χ0) is 38.3. The number of benzene rings is 2. The second-order valence-electron chi connectivity index (χ2n) is 15.5. The molecule has 11 nitrogen and oxygen atoms in total. The number of anilines is 2. The van der Waals surface area contributed by atoms with Crippen LogP contribution in [0.15, 0.2) is 54.7 Å². The van der Waals surface area contributed by atoms with Crippen LogP contribution in [0.2, 0.25) is 0 Å². The van der Waals surface area contributed by atoms with Gasteiger partial charge in [0.2, 0.25) is 11.8 Å². The van der Waals surface area contributed by atoms with Crippen molar-refractivity contribution < 1.29 is 23.2 Å². The molecule has 13 heteroatoms. The third kappa shape index (κ3) is 9.27. The number of imide groups is 1. The van der Waals surface area contributed by atoms with E-state index >= 15 is 0 Å². The molecule has 4 aliphatic heterocycles. The maximum absolute atomic E-state index is 14.8. The van der Waals surface area contributed by atoms with Crippen LogP contribution in [0.1, 0.15) is 110 Å². The van der Waals surface area contributed by atoms with Gasteiger partial charge < -0.3 is 20.4 Å². The van der Waals surface area contributed by atoms with E-state index in [2.05, 4.69) is 43.0 Å². The molecule has 1 aromatic heterocycles. The Morgan fingerprint density at radius 2 is 1.69 bits per heavy atom. The normalized spacial score (nSPS) is 22.2. The number of aromatic nitrogens is 2. The second kappa shape index (κ2) is 17.9. The van der Waals surface area contributed by atoms with E-state index in [-0.39, 0.29) is 36.0 Å². The van der Waals surface area contributed by atoms with Crippen molar-refractivity contribution in [1.82, 2.24) is 30.2 Å². The van der Waals surface area contributed by atoms with Crippen LogP contribution < -0.4 is 20.9 Å². The number of hydrogen-bond donors (Lipinski definition) is 3. The van der Waals surface area contributed by atoms with Gasteiger partial charge in [0, 0.05) is 50.1 Å². The van der Waals surface area contributed by atoms with E-state index < -0.39 is 11.6 Å². The maximum atomic E-state index is 14.8. The first kappa shape index (κ1) is 38.6. The van der Waals surface area contributed by atoms with Gasteiger partial charge in [-0.1, -0.05) is 37.8 Å². The molecule has 2 unspecified atom stereocenters. The minimum atomic E-state index is -0.443. The van der Waals surface area contributed by atoms with Crippen LogP contribution in [0, 0.1) is 11.6 Å². The molecule has 0 bridgehead atoms. The van der Waals surface area contributed by atoms with Gasteiger partial charge in [-0.05, 0) is 112 Å². The number of likely N-dealkylation sites (tertiary alicyclic amines) is 2. The third-order valence-electron chi connectivity index (χ3n) is 11.8. The third-order valence-corrected chi connectivity index (χ3v) is 11.8. The lowest BCUT2D eigenvalue weighted by Crippen LogP contribution is -2.48. The molecular formula is C42H54F2N8O3. The van der Waals surface area contributed by atoms with E-state index in [0.717, 1.165) is 82.9 Å². The molecule has 7 rings (SSSR count). The largest absolute Gasteiger partial charge is 0.374 e. The maximum Gasteiger partial charge on any atom is 0.256 e. The monoisotopic (exact) mass is 756 g/mol. The van der Waals surface area contributed by atoms with Gasteiger partial charge in [-0.3, -0.25) is 24.6 Å². The van der Waals surface area contributed by atoms with E-state index in [4.69, 9.17) is 0 Å². The van der Waals surface area contributed by atoms with Gasteiger partial charge in [0.1, 0.15) is 35.2 Å². The highest BCUT2D eigenvalue weighted by atomic mass is 19.1. The first-order valence-corrected chi connectivity index (χ1v) is 20.2. The summed E-state index contributed by atoms with van der Waals surface area (Å²) in [5.74, 6) is -0.205. The summed E-state index contributed by atoms with van der Waals surface area (Å²) in [6, 6.07) is 11.5. The Labute approximate surface area is 322 Å². The zero-order valence-corrected chi connectivity index (χ0v) is 31.8. The highest BCUT2D eigenvalue weighted by molar-refractivity contribution is 6.01. The molecule has 3 amide bonds. The van der Waals surface area contributed by atoms with Crippen molar-refractivity contribution in [3.05, 3.63) is 83.1 Å². The van der Waals surface area contributed by atoms with Crippen LogP contribution in [0.4, 0.5) is 20.3 Å². The van der Waals surface area contributed by atoms with Crippen LogP contribution in [0.25, 0.3) is 6.20 Å². The van der Waals surface area contributed by atoms with Crippen molar-refractivity contribution >= 4 is 35.4 Å². The number of piperidine rings is 2. The number of amides is 3. The van der Waals surface area contributed by atoms with Gasteiger partial charge >= 0.3 is 0 Å². The topological polar surface area (TPSA) is 115 Å². The number of fused-ring (bicyclic) bond motifs is 1. The van der Waals surface area contributed by atoms with Crippen molar-refractivity contribution in [2.24, 2.45) is 0 Å². The number of carbonyl (C=O) groups is 3. The van der Waals surface area contributed by atoms with Gasteiger partial charge in [-0.15, -0.1) is 0 Å². The highest BCUT2D eigenvalue weighted by Gasteiger charge is 2.37. The summed E-state index contributed by atoms with van der Waals surface area (Å²) in [6.45, 7) is 4.70. The lowest BCUT2D eigenvalue weighted by molar-refractivity contribution is -0.133. The van der Waals surface area contributed by atoms with Crippen LogP contribution in [-0.2, 0) is 9.59 Å². The molecule has 294 valence electrons. The highest BCUT2D eigenvalue weighted by Crippen LogP contribution is 2.39. The molecule has 0 aliphatic carbocycles. The summed E-state index contributed by atoms with van der Waals surface area (Å²) in [5, 5.41) is 13.2. The Hall–Kier alpha value is -4.62. The zero-order valence-electron chi connectivity index (χ0n) is 31.8. The molecule has 4 aliphatic rings. The van der Waals surface area contributed by atoms with Gasteiger partial charge in [0.05, 0.1) is 6.20 Å². The number of unbranched alkanes of at least 4 members (excludes halogenated alkanes) is 5. The average Bonchev–Trinajstić information content (AvgIpc) is 3.85. The Balaban J connectivity index is 0.764. The molecule has 3 N–H and O–H groups in total. The molecule has 0 radical (unpaired) electrons. The number of hydrogen-bond acceptors (Lipinski definition) is 8. The molecule has 5 heterocycles. The minimum Gasteiger partial charge on any atom is -0.374 e. The fraction of sp³-hybridized carbons (Fsp3) is 0.524. The lowest BCUT2D eigenvalue weighted by Gasteiger charge is -2.40. The van der Waals surface area contributed by atoms with Crippen LogP contribution in [0.3, 0.4) is 0 Å². The van der Waals surface area contributed by atoms with Crippen molar-refractivity contribution in [3.63, 3.8) is 0 Å². The molecule has 0 spiro atoms. The molecule has 3 atom stereocenters. The Morgan fingerprint density at radius 1 is 0.927 bits per heavy atom.